The molecule has 178 valence electrons. The number of amides is 2. The van der Waals surface area contributed by atoms with Gasteiger partial charge in [-0.05, 0) is 33.6 Å². The van der Waals surface area contributed by atoms with Crippen molar-refractivity contribution in [3.63, 3.8) is 0 Å². The maximum atomic E-state index is 13.9. The number of aliphatic hydroxyl groups is 1. The Bertz CT molecular complexity index is 792. The summed E-state index contributed by atoms with van der Waals surface area (Å²) in [6, 6.07) is -1.38. The normalized spacial score (nSPS) is 33.9. The van der Waals surface area contributed by atoms with Gasteiger partial charge in [0.1, 0.15) is 6.04 Å². The maximum absolute atomic E-state index is 13.9. The largest absolute Gasteiger partial charge is 0.465 e. The number of fused-ring (bicyclic) bond motifs is 1. The van der Waals surface area contributed by atoms with Crippen molar-refractivity contribution >= 4 is 45.5 Å². The fourth-order valence-corrected chi connectivity index (χ4v) is 8.95. The average Bonchev–Trinajstić information content (AvgIpc) is 3.34. The Morgan fingerprint density at radius 3 is 2.62 bits per heavy atom. The molecule has 3 aliphatic heterocycles. The first-order valence-electron chi connectivity index (χ1n) is 11.1. The second kappa shape index (κ2) is 9.89. The molecule has 3 rings (SSSR count). The van der Waals surface area contributed by atoms with Crippen LogP contribution in [0.15, 0.2) is 25.3 Å². The number of halogens is 1. The van der Waals surface area contributed by atoms with Crippen LogP contribution in [0.1, 0.15) is 33.6 Å². The van der Waals surface area contributed by atoms with Crippen LogP contribution in [0, 0.1) is 11.8 Å². The number of alkyl halides is 1. The lowest BCUT2D eigenvalue weighted by molar-refractivity contribution is -0.154. The number of thioether (sulfide) groups is 1. The number of esters is 1. The van der Waals surface area contributed by atoms with Gasteiger partial charge in [-0.15, -0.1) is 24.9 Å². The van der Waals surface area contributed by atoms with Crippen molar-refractivity contribution in [3.05, 3.63) is 25.3 Å². The van der Waals surface area contributed by atoms with Crippen LogP contribution in [0.2, 0.25) is 0 Å². The first-order chi connectivity index (χ1) is 15.2. The van der Waals surface area contributed by atoms with Crippen LogP contribution in [0.5, 0.6) is 0 Å². The first kappa shape index (κ1) is 25.3. The van der Waals surface area contributed by atoms with Crippen molar-refractivity contribution in [1.29, 1.82) is 0 Å². The van der Waals surface area contributed by atoms with Gasteiger partial charge < -0.3 is 19.6 Å². The van der Waals surface area contributed by atoms with E-state index in [1.165, 1.54) is 4.90 Å². The van der Waals surface area contributed by atoms with Gasteiger partial charge in [-0.25, -0.2) is 0 Å². The summed E-state index contributed by atoms with van der Waals surface area (Å²) in [5.74, 6) is -2.08. The number of hydrogen-bond acceptors (Lipinski definition) is 6. The molecule has 3 aliphatic rings. The van der Waals surface area contributed by atoms with Crippen LogP contribution < -0.4 is 0 Å². The molecular weight excluding hydrogens is 496 g/mol. The summed E-state index contributed by atoms with van der Waals surface area (Å²) < 4.78 is 4.75. The van der Waals surface area contributed by atoms with Crippen LogP contribution >= 0.6 is 27.7 Å². The van der Waals surface area contributed by atoms with E-state index in [-0.39, 0.29) is 41.1 Å². The van der Waals surface area contributed by atoms with E-state index in [2.05, 4.69) is 29.1 Å². The standard InChI is InChI=1S/C23H33BrN2O5S/c1-6-8-10-31-22(30)16-17-20(28)26(14(5)12-27)19(21(29)25(9-7-2)13(3)4)23(17)11-15(24)18(16)32-23/h6-7,13-19,27H,1-2,8-12H2,3-5H3/t14-,15?,16+,17+,18+,19?,23?/m1/s1. The van der Waals surface area contributed by atoms with E-state index < -0.39 is 34.6 Å². The van der Waals surface area contributed by atoms with Crippen LogP contribution in [0.25, 0.3) is 0 Å². The quantitative estimate of drug-likeness (QED) is 0.203. The summed E-state index contributed by atoms with van der Waals surface area (Å²) in [6.07, 6.45) is 4.49. The molecule has 9 heteroatoms. The average molecular weight is 529 g/mol. The van der Waals surface area contributed by atoms with Gasteiger partial charge in [0.15, 0.2) is 0 Å². The SMILES string of the molecule is C=CCCOC(=O)[C@H]1[C@H]2C(=O)N([C@H](C)CO)C(C(=O)N(CC=C)C(C)C)C23CC(Br)[C@@H]1S3. The summed E-state index contributed by atoms with van der Waals surface area (Å²) in [7, 11) is 0. The number of aliphatic hydroxyl groups excluding tert-OH is 1. The van der Waals surface area contributed by atoms with Crippen molar-refractivity contribution in [3.8, 4) is 0 Å². The van der Waals surface area contributed by atoms with Crippen LogP contribution in [0.3, 0.4) is 0 Å². The van der Waals surface area contributed by atoms with Gasteiger partial charge in [0.05, 0.1) is 35.8 Å². The van der Waals surface area contributed by atoms with Crippen molar-refractivity contribution in [2.45, 2.75) is 66.6 Å². The first-order valence-corrected chi connectivity index (χ1v) is 12.9. The van der Waals surface area contributed by atoms with E-state index in [0.717, 1.165) is 0 Å². The third kappa shape index (κ3) is 3.94. The maximum Gasteiger partial charge on any atom is 0.310 e. The van der Waals surface area contributed by atoms with Gasteiger partial charge in [-0.3, -0.25) is 14.4 Å². The highest BCUT2D eigenvalue weighted by molar-refractivity contribution is 9.09. The van der Waals surface area contributed by atoms with Crippen molar-refractivity contribution < 1.29 is 24.2 Å². The molecule has 0 aromatic heterocycles. The molecule has 7 nitrogen and oxygen atoms in total. The predicted molar refractivity (Wildman–Crippen MR) is 128 cm³/mol. The van der Waals surface area contributed by atoms with Crippen LogP contribution in [-0.4, -0.2) is 85.4 Å². The van der Waals surface area contributed by atoms with E-state index in [0.29, 0.717) is 19.4 Å². The molecule has 1 spiro atoms. The number of carbonyl (C=O) groups is 3. The second-order valence-electron chi connectivity index (χ2n) is 9.06. The summed E-state index contributed by atoms with van der Waals surface area (Å²) in [5, 5.41) is 9.77. The Morgan fingerprint density at radius 1 is 1.38 bits per heavy atom. The topological polar surface area (TPSA) is 87.1 Å². The molecule has 3 heterocycles. The summed E-state index contributed by atoms with van der Waals surface area (Å²) >= 11 is 5.29. The monoisotopic (exact) mass is 528 g/mol. The highest BCUT2D eigenvalue weighted by Crippen LogP contribution is 2.68. The van der Waals surface area contributed by atoms with E-state index in [1.807, 2.05) is 13.8 Å². The molecule has 3 unspecified atom stereocenters. The van der Waals surface area contributed by atoms with Crippen molar-refractivity contribution in [2.24, 2.45) is 11.8 Å². The van der Waals surface area contributed by atoms with Gasteiger partial charge in [-0.1, -0.05) is 28.1 Å². The second-order valence-corrected chi connectivity index (χ2v) is 11.8. The molecule has 0 aromatic rings. The molecule has 0 radical (unpaired) electrons. The Kier molecular flexibility index (Phi) is 7.82. The van der Waals surface area contributed by atoms with Gasteiger partial charge in [-0.2, -0.15) is 0 Å². The van der Waals surface area contributed by atoms with Crippen LogP contribution in [-0.2, 0) is 19.1 Å². The van der Waals surface area contributed by atoms with E-state index in [9.17, 15) is 19.5 Å². The zero-order valence-electron chi connectivity index (χ0n) is 18.9. The lowest BCUT2D eigenvalue weighted by atomic mass is 9.71. The summed E-state index contributed by atoms with van der Waals surface area (Å²) in [5.41, 5.74) is 0. The highest BCUT2D eigenvalue weighted by atomic mass is 79.9. The molecule has 0 aliphatic carbocycles. The fraction of sp³-hybridized carbons (Fsp3) is 0.696. The molecule has 32 heavy (non-hydrogen) atoms. The molecule has 1 N–H and O–H groups in total. The van der Waals surface area contributed by atoms with Crippen molar-refractivity contribution in [2.75, 3.05) is 19.8 Å². The van der Waals surface area contributed by atoms with Gasteiger partial charge in [0.25, 0.3) is 0 Å². The smallest absolute Gasteiger partial charge is 0.310 e. The molecule has 7 atom stereocenters. The molecule has 2 amide bonds. The number of ether oxygens (including phenoxy) is 1. The zero-order chi connectivity index (χ0) is 23.8. The minimum absolute atomic E-state index is 0.0138. The third-order valence-electron chi connectivity index (χ3n) is 6.77. The Labute approximate surface area is 202 Å². The van der Waals surface area contributed by atoms with E-state index in [1.54, 1.807) is 35.7 Å². The zero-order valence-corrected chi connectivity index (χ0v) is 21.3. The third-order valence-corrected chi connectivity index (χ3v) is 9.99. The van der Waals surface area contributed by atoms with Crippen molar-refractivity contribution in [1.82, 2.24) is 9.80 Å². The molecule has 2 bridgehead atoms. The molecule has 3 fully saturated rings. The lowest BCUT2D eigenvalue weighted by Gasteiger charge is -2.40. The van der Waals surface area contributed by atoms with E-state index in [4.69, 9.17) is 4.74 Å². The molecule has 3 saturated heterocycles. The lowest BCUT2D eigenvalue weighted by Crippen LogP contribution is -2.58. The molecular formula is C23H33BrN2O5S. The summed E-state index contributed by atoms with van der Waals surface area (Å²) in [4.78, 5) is 44.0. The Hall–Kier alpha value is -1.32. The van der Waals surface area contributed by atoms with Gasteiger partial charge >= 0.3 is 5.97 Å². The Morgan fingerprint density at radius 2 is 2.06 bits per heavy atom. The highest BCUT2D eigenvalue weighted by Gasteiger charge is 2.76. The molecule has 0 saturated carbocycles. The van der Waals surface area contributed by atoms with Crippen LogP contribution in [0.4, 0.5) is 0 Å². The number of rotatable bonds is 10. The fourth-order valence-electron chi connectivity index (χ4n) is 5.37. The number of likely N-dealkylation sites (tertiary alicyclic amines) is 1. The summed E-state index contributed by atoms with van der Waals surface area (Å²) in [6.45, 7) is 13.3. The number of carbonyl (C=O) groups excluding carboxylic acids is 3. The number of hydrogen-bond donors (Lipinski definition) is 1. The molecule has 0 aromatic carbocycles. The minimum Gasteiger partial charge on any atom is -0.465 e. The Balaban J connectivity index is 2.05. The van der Waals surface area contributed by atoms with Gasteiger partial charge in [0.2, 0.25) is 11.8 Å². The van der Waals surface area contributed by atoms with E-state index >= 15 is 0 Å². The number of nitrogens with zero attached hydrogens (tertiary/aromatic N) is 2. The predicted octanol–water partition coefficient (Wildman–Crippen LogP) is 2.37. The van der Waals surface area contributed by atoms with Gasteiger partial charge in [0, 0.05) is 22.7 Å². The minimum atomic E-state index is -0.759.